The van der Waals surface area contributed by atoms with Gasteiger partial charge in [-0.25, -0.2) is 0 Å². The van der Waals surface area contributed by atoms with Crippen LogP contribution in [0.3, 0.4) is 0 Å². The van der Waals surface area contributed by atoms with E-state index in [0.717, 1.165) is 31.1 Å². The third-order valence-electron chi connectivity index (χ3n) is 3.68. The second kappa shape index (κ2) is 2.24. The van der Waals surface area contributed by atoms with Crippen LogP contribution < -0.4 is 0 Å². The lowest BCUT2D eigenvalue weighted by molar-refractivity contribution is -0.0629. The first-order valence-corrected chi connectivity index (χ1v) is 4.97. The van der Waals surface area contributed by atoms with Crippen molar-refractivity contribution in [3.63, 3.8) is 0 Å². The summed E-state index contributed by atoms with van der Waals surface area (Å²) >= 11 is 0. The molecule has 66 valence electrons. The van der Waals surface area contributed by atoms with Crippen LogP contribution in [-0.2, 0) is 4.84 Å². The molecule has 1 spiro atoms. The van der Waals surface area contributed by atoms with Gasteiger partial charge in [-0.2, -0.15) is 0 Å². The van der Waals surface area contributed by atoms with Gasteiger partial charge in [-0.05, 0) is 31.1 Å². The number of nitrogens with zero attached hydrogens (tertiary/aromatic N) is 1. The van der Waals surface area contributed by atoms with E-state index in [-0.39, 0.29) is 5.60 Å². The molecule has 0 N–H and O–H groups in total. The fourth-order valence-corrected chi connectivity index (χ4v) is 3.24. The van der Waals surface area contributed by atoms with Gasteiger partial charge in [-0.3, -0.25) is 0 Å². The van der Waals surface area contributed by atoms with E-state index in [1.54, 1.807) is 0 Å². The zero-order valence-corrected chi connectivity index (χ0v) is 7.25. The maximum absolute atomic E-state index is 7.47. The number of oxime groups is 1. The largest absolute Gasteiger partial charge is 0.389 e. The topological polar surface area (TPSA) is 21.6 Å². The van der Waals surface area contributed by atoms with E-state index in [1.807, 2.05) is 0 Å². The second-order valence-corrected chi connectivity index (χ2v) is 4.65. The molecule has 0 aromatic heterocycles. The third-order valence-corrected chi connectivity index (χ3v) is 3.68. The van der Waals surface area contributed by atoms with Crippen LogP contribution in [0, 0.1) is 11.8 Å². The van der Waals surface area contributed by atoms with E-state index in [1.165, 1.54) is 19.3 Å². The van der Waals surface area contributed by atoms with Gasteiger partial charge in [0.15, 0.2) is 0 Å². The van der Waals surface area contributed by atoms with Crippen molar-refractivity contribution < 1.29 is 6.21 Å². The first-order valence-electron chi connectivity index (χ1n) is 5.47. The molecule has 3 aliphatic rings. The number of fused-ring (bicyclic) bond motifs is 2. The van der Waals surface area contributed by atoms with Gasteiger partial charge in [0.2, 0.25) is 0 Å². The Hall–Kier alpha value is -0.530. The van der Waals surface area contributed by atoms with Crippen molar-refractivity contribution >= 4 is 6.19 Å². The maximum Gasteiger partial charge on any atom is 0.143 e. The first kappa shape index (κ1) is 6.01. The van der Waals surface area contributed by atoms with Gasteiger partial charge in [-0.15, -0.1) is 0 Å². The van der Waals surface area contributed by atoms with E-state index in [0.29, 0.717) is 6.19 Å². The van der Waals surface area contributed by atoms with Gasteiger partial charge in [0.25, 0.3) is 0 Å². The number of hydrogen-bond donors (Lipinski definition) is 0. The van der Waals surface area contributed by atoms with E-state index in [4.69, 9.17) is 6.21 Å². The SMILES string of the molecule is [2H]C1=NOC2(C1)CC1CCC(C1)C2. The van der Waals surface area contributed by atoms with Crippen LogP contribution in [0.25, 0.3) is 0 Å². The van der Waals surface area contributed by atoms with Crippen LogP contribution in [-0.4, -0.2) is 11.8 Å². The summed E-state index contributed by atoms with van der Waals surface area (Å²) in [5.74, 6) is 1.72. The second-order valence-electron chi connectivity index (χ2n) is 4.65. The minimum atomic E-state index is -0.0405. The van der Waals surface area contributed by atoms with E-state index in [2.05, 4.69) is 5.16 Å². The van der Waals surface area contributed by atoms with Crippen molar-refractivity contribution in [1.82, 2.24) is 0 Å². The molecule has 0 aromatic rings. The molecule has 0 aromatic carbocycles. The van der Waals surface area contributed by atoms with E-state index >= 15 is 0 Å². The van der Waals surface area contributed by atoms with Crippen LogP contribution in [0.5, 0.6) is 0 Å². The van der Waals surface area contributed by atoms with Gasteiger partial charge in [0.1, 0.15) is 5.60 Å². The lowest BCUT2D eigenvalue weighted by Gasteiger charge is -2.34. The molecule has 2 saturated carbocycles. The Morgan fingerprint density at radius 3 is 2.75 bits per heavy atom. The standard InChI is InChI=1S/C10H15NO/c1-2-9-5-8(1)6-10(7-9)3-4-11-12-10/h4,8-9H,1-3,5-7H2/i4D. The van der Waals surface area contributed by atoms with Crippen molar-refractivity contribution in [2.75, 3.05) is 0 Å². The summed E-state index contributed by atoms with van der Waals surface area (Å²) in [6.07, 6.45) is 7.66. The van der Waals surface area contributed by atoms with Gasteiger partial charge in [0, 0.05) is 12.6 Å². The molecule has 3 rings (SSSR count). The molecule has 1 aliphatic heterocycles. The summed E-state index contributed by atoms with van der Waals surface area (Å²) in [7, 11) is 0. The number of rotatable bonds is 0. The van der Waals surface area contributed by atoms with Gasteiger partial charge >= 0.3 is 0 Å². The maximum atomic E-state index is 7.47. The van der Waals surface area contributed by atoms with Gasteiger partial charge in [-0.1, -0.05) is 18.0 Å². The zero-order valence-electron chi connectivity index (χ0n) is 8.25. The molecule has 0 saturated heterocycles. The summed E-state index contributed by atoms with van der Waals surface area (Å²) in [6, 6.07) is 0. The summed E-state index contributed by atoms with van der Waals surface area (Å²) in [5.41, 5.74) is -0.0405. The van der Waals surface area contributed by atoms with E-state index in [9.17, 15) is 0 Å². The van der Waals surface area contributed by atoms with Crippen molar-refractivity contribution in [3.05, 3.63) is 0 Å². The fraction of sp³-hybridized carbons (Fsp3) is 0.900. The summed E-state index contributed by atoms with van der Waals surface area (Å²) in [6.45, 7) is 0. The van der Waals surface area contributed by atoms with Crippen molar-refractivity contribution in [1.29, 1.82) is 0 Å². The predicted molar refractivity (Wildman–Crippen MR) is 47.0 cm³/mol. The average Bonchev–Trinajstić information content (AvgIpc) is 2.58. The van der Waals surface area contributed by atoms with Crippen LogP contribution >= 0.6 is 0 Å². The minimum absolute atomic E-state index is 0.0405. The highest BCUT2D eigenvalue weighted by Gasteiger charge is 2.46. The van der Waals surface area contributed by atoms with E-state index < -0.39 is 0 Å². The molecule has 2 aliphatic carbocycles. The molecule has 2 nitrogen and oxygen atoms in total. The molecule has 2 bridgehead atoms. The lowest BCUT2D eigenvalue weighted by Crippen LogP contribution is -2.35. The molecule has 1 heterocycles. The highest BCUT2D eigenvalue weighted by molar-refractivity contribution is 5.60. The smallest absolute Gasteiger partial charge is 0.143 e. The first-order chi connectivity index (χ1) is 6.26. The molecule has 2 atom stereocenters. The average molecular weight is 166 g/mol. The summed E-state index contributed by atoms with van der Waals surface area (Å²) in [5, 5.41) is 3.79. The Labute approximate surface area is 74.4 Å². The lowest BCUT2D eigenvalue weighted by atomic mass is 9.76. The Morgan fingerprint density at radius 1 is 1.42 bits per heavy atom. The molecular formula is C10H15NO. The zero-order chi connectivity index (χ0) is 8.89. The monoisotopic (exact) mass is 166 g/mol. The Bertz CT molecular complexity index is 252. The molecule has 2 unspecified atom stereocenters. The van der Waals surface area contributed by atoms with Gasteiger partial charge in [0.05, 0.1) is 1.37 Å². The molecule has 0 amide bonds. The Balaban J connectivity index is 1.79. The Kier molecular flexibility index (Phi) is 1.12. The van der Waals surface area contributed by atoms with Crippen LogP contribution in [0.1, 0.15) is 39.9 Å². The highest BCUT2D eigenvalue weighted by Crippen LogP contribution is 2.50. The minimum Gasteiger partial charge on any atom is -0.389 e. The summed E-state index contributed by atoms with van der Waals surface area (Å²) < 4.78 is 7.47. The Morgan fingerprint density at radius 2 is 2.17 bits per heavy atom. The molecular weight excluding hydrogens is 150 g/mol. The summed E-state index contributed by atoms with van der Waals surface area (Å²) in [4.78, 5) is 5.47. The van der Waals surface area contributed by atoms with Gasteiger partial charge < -0.3 is 4.84 Å². The van der Waals surface area contributed by atoms with Crippen molar-refractivity contribution in [2.45, 2.75) is 44.1 Å². The highest BCUT2D eigenvalue weighted by atomic mass is 16.7. The molecule has 0 radical (unpaired) electrons. The third kappa shape index (κ3) is 0.900. The number of hydrogen-bond acceptors (Lipinski definition) is 2. The fourth-order valence-electron chi connectivity index (χ4n) is 3.24. The predicted octanol–water partition coefficient (Wildman–Crippen LogP) is 2.34. The van der Waals surface area contributed by atoms with Crippen LogP contribution in [0.15, 0.2) is 5.16 Å². The van der Waals surface area contributed by atoms with Crippen LogP contribution in [0.4, 0.5) is 0 Å². The molecule has 2 fully saturated rings. The van der Waals surface area contributed by atoms with Crippen LogP contribution in [0.2, 0.25) is 0 Å². The van der Waals surface area contributed by atoms with Crippen molar-refractivity contribution in [3.8, 4) is 0 Å². The quantitative estimate of drug-likeness (QED) is 0.541. The van der Waals surface area contributed by atoms with Crippen molar-refractivity contribution in [2.24, 2.45) is 17.0 Å². The molecule has 2 heteroatoms. The normalized spacial score (nSPS) is 52.0. The molecule has 12 heavy (non-hydrogen) atoms.